The van der Waals surface area contributed by atoms with Crippen LogP contribution < -0.4 is 5.32 Å². The first-order chi connectivity index (χ1) is 9.73. The van der Waals surface area contributed by atoms with Gasteiger partial charge in [-0.05, 0) is 43.5 Å². The molecule has 21 heavy (non-hydrogen) atoms. The molecule has 1 spiro atoms. The van der Waals surface area contributed by atoms with Crippen LogP contribution in [-0.4, -0.2) is 32.3 Å². The predicted octanol–water partition coefficient (Wildman–Crippen LogP) is 2.19. The summed E-state index contributed by atoms with van der Waals surface area (Å²) in [6.45, 7) is 1.92. The highest BCUT2D eigenvalue weighted by atomic mass is 35.5. The van der Waals surface area contributed by atoms with E-state index in [9.17, 15) is 4.79 Å². The van der Waals surface area contributed by atoms with Crippen molar-refractivity contribution in [2.75, 3.05) is 20.2 Å². The average Bonchev–Trinajstić information content (AvgIpc) is 2.48. The molecule has 116 valence electrons. The Bertz CT molecular complexity index is 500. The first kappa shape index (κ1) is 16.3. The molecule has 1 aromatic carbocycles. The monoisotopic (exact) mass is 311 g/mol. The third kappa shape index (κ3) is 3.23. The Morgan fingerprint density at radius 2 is 2.10 bits per heavy atom. The van der Waals surface area contributed by atoms with Gasteiger partial charge in [-0.1, -0.05) is 24.3 Å². The lowest BCUT2D eigenvalue weighted by Gasteiger charge is -2.45. The highest BCUT2D eigenvalue weighted by molar-refractivity contribution is 5.85. The SMILES string of the molecule is COC(=O)CC1Cc2ccccc2C2(CCNCC2)O1.Cl. The number of hydrogen-bond donors (Lipinski definition) is 1. The van der Waals surface area contributed by atoms with Gasteiger partial charge >= 0.3 is 5.97 Å². The molecule has 0 radical (unpaired) electrons. The number of esters is 1. The number of piperidine rings is 1. The van der Waals surface area contributed by atoms with E-state index in [-0.39, 0.29) is 30.1 Å². The molecule has 1 N–H and O–H groups in total. The summed E-state index contributed by atoms with van der Waals surface area (Å²) in [6, 6.07) is 8.47. The maximum Gasteiger partial charge on any atom is 0.308 e. The fraction of sp³-hybridized carbons (Fsp3) is 0.562. The van der Waals surface area contributed by atoms with Crippen LogP contribution in [0.2, 0.25) is 0 Å². The highest BCUT2D eigenvalue weighted by Gasteiger charge is 2.42. The minimum atomic E-state index is -0.223. The van der Waals surface area contributed by atoms with Crippen molar-refractivity contribution >= 4 is 18.4 Å². The number of hydrogen-bond acceptors (Lipinski definition) is 4. The molecule has 1 saturated heterocycles. The molecule has 1 aromatic rings. The lowest BCUT2D eigenvalue weighted by Crippen LogP contribution is -2.47. The fourth-order valence-electron chi connectivity index (χ4n) is 3.41. The summed E-state index contributed by atoms with van der Waals surface area (Å²) in [4.78, 5) is 11.5. The van der Waals surface area contributed by atoms with Crippen molar-refractivity contribution in [2.45, 2.75) is 37.4 Å². The van der Waals surface area contributed by atoms with Crippen molar-refractivity contribution in [1.82, 2.24) is 5.32 Å². The lowest BCUT2D eigenvalue weighted by atomic mass is 9.78. The molecule has 0 bridgehead atoms. The summed E-state index contributed by atoms with van der Waals surface area (Å²) in [6.07, 6.45) is 2.97. The quantitative estimate of drug-likeness (QED) is 0.851. The number of carbonyl (C=O) groups excluding carboxylic acids is 1. The topological polar surface area (TPSA) is 47.6 Å². The second kappa shape index (κ2) is 6.77. The zero-order chi connectivity index (χ0) is 14.0. The molecular formula is C16H22ClNO3. The van der Waals surface area contributed by atoms with Gasteiger partial charge in [0.1, 0.15) is 0 Å². The summed E-state index contributed by atoms with van der Waals surface area (Å²) in [5.41, 5.74) is 2.40. The van der Waals surface area contributed by atoms with Crippen molar-refractivity contribution in [3.8, 4) is 0 Å². The molecule has 1 fully saturated rings. The van der Waals surface area contributed by atoms with Crippen molar-refractivity contribution < 1.29 is 14.3 Å². The van der Waals surface area contributed by atoms with Crippen LogP contribution in [0.3, 0.4) is 0 Å². The van der Waals surface area contributed by atoms with Gasteiger partial charge in [-0.25, -0.2) is 0 Å². The third-order valence-corrected chi connectivity index (χ3v) is 4.38. The Hall–Kier alpha value is -1.10. The Morgan fingerprint density at radius 3 is 2.81 bits per heavy atom. The number of fused-ring (bicyclic) bond motifs is 2. The van der Waals surface area contributed by atoms with E-state index >= 15 is 0 Å². The summed E-state index contributed by atoms with van der Waals surface area (Å²) in [7, 11) is 1.43. The standard InChI is InChI=1S/C16H21NO3.ClH/c1-19-15(18)11-13-10-12-4-2-3-5-14(12)16(20-13)6-8-17-9-7-16;/h2-5,13,17H,6-11H2,1H3;1H. The molecule has 0 aromatic heterocycles. The molecule has 0 saturated carbocycles. The van der Waals surface area contributed by atoms with E-state index in [1.54, 1.807) is 0 Å². The maximum absolute atomic E-state index is 11.5. The van der Waals surface area contributed by atoms with Gasteiger partial charge in [-0.15, -0.1) is 12.4 Å². The normalized spacial score (nSPS) is 23.0. The molecule has 5 heteroatoms. The van der Waals surface area contributed by atoms with Crippen LogP contribution in [0.4, 0.5) is 0 Å². The smallest absolute Gasteiger partial charge is 0.308 e. The number of benzene rings is 1. The Balaban J connectivity index is 0.00000161. The van der Waals surface area contributed by atoms with Gasteiger partial charge in [0, 0.05) is 0 Å². The minimum absolute atomic E-state index is 0. The summed E-state index contributed by atoms with van der Waals surface area (Å²) >= 11 is 0. The highest BCUT2D eigenvalue weighted by Crippen LogP contribution is 2.42. The number of nitrogens with one attached hydrogen (secondary N) is 1. The summed E-state index contributed by atoms with van der Waals surface area (Å²) < 4.78 is 11.2. The number of rotatable bonds is 2. The van der Waals surface area contributed by atoms with E-state index in [1.807, 2.05) is 0 Å². The van der Waals surface area contributed by atoms with Crippen LogP contribution >= 0.6 is 12.4 Å². The van der Waals surface area contributed by atoms with Gasteiger partial charge in [0.25, 0.3) is 0 Å². The minimum Gasteiger partial charge on any atom is -0.469 e. The Labute approximate surface area is 131 Å². The zero-order valence-corrected chi connectivity index (χ0v) is 13.1. The number of methoxy groups -OCH3 is 1. The molecule has 2 aliphatic rings. The van der Waals surface area contributed by atoms with E-state index in [1.165, 1.54) is 18.2 Å². The van der Waals surface area contributed by atoms with Crippen LogP contribution in [0, 0.1) is 0 Å². The van der Waals surface area contributed by atoms with Crippen LogP contribution in [0.15, 0.2) is 24.3 Å². The van der Waals surface area contributed by atoms with Gasteiger partial charge < -0.3 is 14.8 Å². The van der Waals surface area contributed by atoms with Gasteiger partial charge in [-0.3, -0.25) is 4.79 Å². The Kier molecular flexibility index (Phi) is 5.25. The van der Waals surface area contributed by atoms with Crippen molar-refractivity contribution in [3.05, 3.63) is 35.4 Å². The number of halogens is 1. The number of ether oxygens (including phenoxy) is 2. The summed E-state index contributed by atoms with van der Waals surface area (Å²) in [5.74, 6) is -0.196. The maximum atomic E-state index is 11.5. The van der Waals surface area contributed by atoms with E-state index in [0.29, 0.717) is 6.42 Å². The molecule has 0 aliphatic carbocycles. The van der Waals surface area contributed by atoms with Gasteiger partial charge in [0.05, 0.1) is 25.2 Å². The zero-order valence-electron chi connectivity index (χ0n) is 12.3. The third-order valence-electron chi connectivity index (χ3n) is 4.38. The van der Waals surface area contributed by atoms with Gasteiger partial charge in [-0.2, -0.15) is 0 Å². The number of carbonyl (C=O) groups is 1. The van der Waals surface area contributed by atoms with Crippen LogP contribution in [0.1, 0.15) is 30.4 Å². The molecule has 2 heterocycles. The van der Waals surface area contributed by atoms with Crippen LogP contribution in [0.5, 0.6) is 0 Å². The Morgan fingerprint density at radius 1 is 1.38 bits per heavy atom. The molecule has 1 unspecified atom stereocenters. The van der Waals surface area contributed by atoms with Crippen LogP contribution in [0.25, 0.3) is 0 Å². The van der Waals surface area contributed by atoms with E-state index in [0.717, 1.165) is 32.4 Å². The fourth-order valence-corrected chi connectivity index (χ4v) is 3.41. The van der Waals surface area contributed by atoms with Crippen molar-refractivity contribution in [3.63, 3.8) is 0 Å². The second-order valence-electron chi connectivity index (χ2n) is 5.63. The first-order valence-corrected chi connectivity index (χ1v) is 7.27. The molecule has 3 rings (SSSR count). The molecular weight excluding hydrogens is 290 g/mol. The molecule has 1 atom stereocenters. The van der Waals surface area contributed by atoms with E-state index in [4.69, 9.17) is 9.47 Å². The average molecular weight is 312 g/mol. The van der Waals surface area contributed by atoms with E-state index < -0.39 is 0 Å². The molecule has 0 amide bonds. The molecule has 2 aliphatic heterocycles. The lowest BCUT2D eigenvalue weighted by molar-refractivity contribution is -0.156. The van der Waals surface area contributed by atoms with Crippen molar-refractivity contribution in [2.24, 2.45) is 0 Å². The molecule has 4 nitrogen and oxygen atoms in total. The summed E-state index contributed by atoms with van der Waals surface area (Å²) in [5, 5.41) is 3.38. The van der Waals surface area contributed by atoms with Gasteiger partial charge in [0.2, 0.25) is 0 Å². The van der Waals surface area contributed by atoms with E-state index in [2.05, 4.69) is 29.6 Å². The van der Waals surface area contributed by atoms with Crippen LogP contribution in [-0.2, 0) is 26.3 Å². The second-order valence-corrected chi connectivity index (χ2v) is 5.63. The van der Waals surface area contributed by atoms with Gasteiger partial charge in [0.15, 0.2) is 0 Å². The predicted molar refractivity (Wildman–Crippen MR) is 82.7 cm³/mol. The first-order valence-electron chi connectivity index (χ1n) is 7.27. The largest absolute Gasteiger partial charge is 0.469 e. The van der Waals surface area contributed by atoms with Crippen molar-refractivity contribution in [1.29, 1.82) is 0 Å².